The summed E-state index contributed by atoms with van der Waals surface area (Å²) >= 11 is 0.580. The molecule has 0 atom stereocenters. The number of aliphatic carboxylic acids is 2. The average molecular weight is 535 g/mol. The topological polar surface area (TPSA) is 165 Å². The number of amides is 4. The summed E-state index contributed by atoms with van der Waals surface area (Å²) < 4.78 is 0. The number of carbonyl (C=O) groups is 6. The van der Waals surface area contributed by atoms with Crippen molar-refractivity contribution in [2.24, 2.45) is 4.99 Å². The van der Waals surface area contributed by atoms with Crippen LogP contribution >= 0.6 is 11.8 Å². The number of aliphatic imine (C=N–C) groups is 1. The maximum absolute atomic E-state index is 13.2. The molecular weight excluding hydrogens is 516 g/mol. The van der Waals surface area contributed by atoms with Crippen molar-refractivity contribution in [3.05, 3.63) is 64.6 Å². The first-order valence-electron chi connectivity index (χ1n) is 11.3. The molecule has 0 saturated carbocycles. The highest BCUT2D eigenvalue weighted by Crippen LogP contribution is 2.44. The molecule has 2 aromatic rings. The Morgan fingerprint density at radius 3 is 1.92 bits per heavy atom. The van der Waals surface area contributed by atoms with E-state index in [0.717, 1.165) is 14.7 Å². The number of nitrogens with zero attached hydrogens (tertiary/aromatic N) is 4. The molecule has 0 spiro atoms. The lowest BCUT2D eigenvalue weighted by atomic mass is 10.1. The Balaban J connectivity index is 1.39. The standard InChI is InChI=1S/C25H18N4O8S/c30-17(31)11-28-15-7-3-1-5-13(15)19(22(28)34)21-24(36)27(25(37)38-21)10-9-26-20-14-6-2-4-8-16(14)29(23(20)35)12-18(32)33/h1-8H,9-12H2,(H,30,31)(H,32,33). The lowest BCUT2D eigenvalue weighted by molar-refractivity contribution is -0.136. The fourth-order valence-electron chi connectivity index (χ4n) is 4.50. The van der Waals surface area contributed by atoms with Crippen LogP contribution in [-0.2, 0) is 24.0 Å². The molecule has 192 valence electrons. The normalized spacial score (nSPS) is 19.6. The van der Waals surface area contributed by atoms with Crippen LogP contribution in [0.5, 0.6) is 0 Å². The van der Waals surface area contributed by atoms with Crippen LogP contribution in [0.1, 0.15) is 11.1 Å². The van der Waals surface area contributed by atoms with E-state index in [9.17, 15) is 33.9 Å². The van der Waals surface area contributed by atoms with Gasteiger partial charge in [0.05, 0.1) is 28.4 Å². The van der Waals surface area contributed by atoms with Crippen molar-refractivity contribution in [3.8, 4) is 0 Å². The van der Waals surface area contributed by atoms with Crippen molar-refractivity contribution in [1.29, 1.82) is 0 Å². The Kier molecular flexibility index (Phi) is 6.28. The van der Waals surface area contributed by atoms with Crippen LogP contribution in [0, 0.1) is 0 Å². The number of imide groups is 1. The first-order chi connectivity index (χ1) is 18.2. The number of benzene rings is 2. The summed E-state index contributed by atoms with van der Waals surface area (Å²) in [6.07, 6.45) is 0. The summed E-state index contributed by atoms with van der Waals surface area (Å²) in [5.41, 5.74) is 1.52. The van der Waals surface area contributed by atoms with Gasteiger partial charge < -0.3 is 10.2 Å². The van der Waals surface area contributed by atoms with Crippen LogP contribution in [0.3, 0.4) is 0 Å². The Labute approximate surface area is 218 Å². The van der Waals surface area contributed by atoms with Crippen molar-refractivity contribution >= 4 is 69.3 Å². The molecule has 12 nitrogen and oxygen atoms in total. The van der Waals surface area contributed by atoms with Crippen LogP contribution in [0.4, 0.5) is 16.2 Å². The van der Waals surface area contributed by atoms with E-state index in [1.807, 2.05) is 0 Å². The second kappa shape index (κ2) is 9.59. The van der Waals surface area contributed by atoms with Crippen LogP contribution in [-0.4, -0.2) is 81.9 Å². The summed E-state index contributed by atoms with van der Waals surface area (Å²) in [6.45, 7) is -1.46. The van der Waals surface area contributed by atoms with Crippen LogP contribution < -0.4 is 9.80 Å². The Bertz CT molecular complexity index is 1510. The highest BCUT2D eigenvalue weighted by atomic mass is 32.2. The minimum absolute atomic E-state index is 0.0244. The molecule has 2 aromatic carbocycles. The molecule has 3 aliphatic heterocycles. The highest BCUT2D eigenvalue weighted by molar-refractivity contribution is 8.18. The van der Waals surface area contributed by atoms with Gasteiger partial charge in [0.1, 0.15) is 18.8 Å². The van der Waals surface area contributed by atoms with Gasteiger partial charge in [0, 0.05) is 17.7 Å². The minimum atomic E-state index is -1.23. The van der Waals surface area contributed by atoms with Gasteiger partial charge in [-0.15, -0.1) is 0 Å². The maximum Gasteiger partial charge on any atom is 0.323 e. The molecule has 1 fully saturated rings. The third kappa shape index (κ3) is 4.12. The van der Waals surface area contributed by atoms with Gasteiger partial charge in [-0.05, 0) is 23.9 Å². The zero-order chi connectivity index (χ0) is 27.1. The summed E-state index contributed by atoms with van der Waals surface area (Å²) in [7, 11) is 0. The fraction of sp³-hybridized carbons (Fsp3) is 0.160. The molecule has 0 radical (unpaired) electrons. The van der Waals surface area contributed by atoms with E-state index < -0.39 is 48.0 Å². The van der Waals surface area contributed by atoms with Crippen molar-refractivity contribution in [2.75, 3.05) is 36.0 Å². The number of rotatable bonds is 7. The van der Waals surface area contributed by atoms with Crippen molar-refractivity contribution in [2.45, 2.75) is 0 Å². The van der Waals surface area contributed by atoms with Crippen LogP contribution in [0.15, 0.2) is 58.4 Å². The molecule has 3 heterocycles. The molecule has 0 aliphatic carbocycles. The predicted octanol–water partition coefficient (Wildman–Crippen LogP) is 1.44. The molecule has 38 heavy (non-hydrogen) atoms. The van der Waals surface area contributed by atoms with Gasteiger partial charge in [-0.1, -0.05) is 36.4 Å². The molecule has 4 amide bonds. The second-order valence-electron chi connectivity index (χ2n) is 8.36. The number of carbonyl (C=O) groups excluding carboxylic acids is 4. The monoisotopic (exact) mass is 534 g/mol. The van der Waals surface area contributed by atoms with E-state index in [4.69, 9.17) is 5.11 Å². The Morgan fingerprint density at radius 2 is 1.29 bits per heavy atom. The third-order valence-corrected chi connectivity index (χ3v) is 7.06. The molecule has 2 N–H and O–H groups in total. The largest absolute Gasteiger partial charge is 0.480 e. The molecule has 5 rings (SSSR count). The Morgan fingerprint density at radius 1 is 0.737 bits per heavy atom. The lowest BCUT2D eigenvalue weighted by Gasteiger charge is -2.13. The maximum atomic E-state index is 13.2. The van der Waals surface area contributed by atoms with Crippen LogP contribution in [0.25, 0.3) is 5.57 Å². The van der Waals surface area contributed by atoms with Crippen molar-refractivity contribution in [3.63, 3.8) is 0 Å². The number of thioether (sulfide) groups is 1. The van der Waals surface area contributed by atoms with E-state index in [1.54, 1.807) is 48.5 Å². The second-order valence-corrected chi connectivity index (χ2v) is 9.33. The summed E-state index contributed by atoms with van der Waals surface area (Å²) in [6, 6.07) is 13.0. The molecule has 0 aromatic heterocycles. The lowest BCUT2D eigenvalue weighted by Crippen LogP contribution is -2.35. The van der Waals surface area contributed by atoms with E-state index in [-0.39, 0.29) is 29.3 Å². The highest BCUT2D eigenvalue weighted by Gasteiger charge is 2.44. The van der Waals surface area contributed by atoms with E-state index in [0.29, 0.717) is 34.3 Å². The first-order valence-corrected chi connectivity index (χ1v) is 12.1. The van der Waals surface area contributed by atoms with E-state index >= 15 is 0 Å². The van der Waals surface area contributed by atoms with Gasteiger partial charge in [-0.25, -0.2) is 0 Å². The first kappa shape index (κ1) is 24.9. The van der Waals surface area contributed by atoms with E-state index in [1.165, 1.54) is 0 Å². The van der Waals surface area contributed by atoms with Gasteiger partial charge in [-0.3, -0.25) is 48.5 Å². The number of anilines is 2. The Hall–Kier alpha value is -4.78. The molecule has 0 unspecified atom stereocenters. The van der Waals surface area contributed by atoms with Gasteiger partial charge in [0.2, 0.25) is 0 Å². The fourth-order valence-corrected chi connectivity index (χ4v) is 5.46. The number of hydrogen-bond acceptors (Lipinski definition) is 8. The van der Waals surface area contributed by atoms with Gasteiger partial charge >= 0.3 is 11.9 Å². The number of hydrogen-bond donors (Lipinski definition) is 2. The average Bonchev–Trinajstić information content (AvgIpc) is 3.41. The van der Waals surface area contributed by atoms with Gasteiger partial charge in [0.25, 0.3) is 23.0 Å². The zero-order valence-corrected chi connectivity index (χ0v) is 20.3. The molecule has 1 saturated heterocycles. The third-order valence-electron chi connectivity index (χ3n) is 6.08. The summed E-state index contributed by atoms with van der Waals surface area (Å²) in [4.78, 5) is 81.6. The van der Waals surface area contributed by atoms with Gasteiger partial charge in [0.15, 0.2) is 0 Å². The minimum Gasteiger partial charge on any atom is -0.480 e. The number of carboxylic acid groups (broad SMARTS) is 2. The molecular formula is C25H18N4O8S. The molecule has 3 aliphatic rings. The number of para-hydroxylation sites is 2. The SMILES string of the molecule is O=C(O)CN1C(=O)C(=NCCN2C(=O)SC(=C3C(=O)N(CC(=O)O)c4ccccc43)C2=O)c2ccccc21. The van der Waals surface area contributed by atoms with Gasteiger partial charge in [-0.2, -0.15) is 0 Å². The van der Waals surface area contributed by atoms with Crippen molar-refractivity contribution < 1.29 is 39.0 Å². The number of carboxylic acids is 2. The summed E-state index contributed by atoms with van der Waals surface area (Å²) in [5, 5.41) is 17.7. The van der Waals surface area contributed by atoms with E-state index in [2.05, 4.69) is 4.99 Å². The summed E-state index contributed by atoms with van der Waals surface area (Å²) in [5.74, 6) is -4.43. The van der Waals surface area contributed by atoms with Crippen LogP contribution in [0.2, 0.25) is 0 Å². The zero-order valence-electron chi connectivity index (χ0n) is 19.5. The quantitative estimate of drug-likeness (QED) is 0.500. The smallest absolute Gasteiger partial charge is 0.323 e. The molecule has 13 heteroatoms. The number of fused-ring (bicyclic) bond motifs is 2. The predicted molar refractivity (Wildman–Crippen MR) is 136 cm³/mol. The molecule has 0 bridgehead atoms. The van der Waals surface area contributed by atoms with Crippen molar-refractivity contribution in [1.82, 2.24) is 4.90 Å².